The molecule has 0 amide bonds. The average Bonchev–Trinajstić information content (AvgIpc) is 2.15. The van der Waals surface area contributed by atoms with E-state index in [4.69, 9.17) is 5.73 Å². The fourth-order valence-electron chi connectivity index (χ4n) is 1.74. The Labute approximate surface area is 101 Å². The number of para-hydroxylation sites is 1. The number of nitro groups is 1. The van der Waals surface area contributed by atoms with Crippen LogP contribution in [0.1, 0.15) is 6.92 Å². The summed E-state index contributed by atoms with van der Waals surface area (Å²) in [5, 5.41) is 14.0. The first kappa shape index (κ1) is 13.2. The Bertz CT molecular complexity index is 406. The van der Waals surface area contributed by atoms with Crippen LogP contribution in [0.5, 0.6) is 0 Å². The van der Waals surface area contributed by atoms with Gasteiger partial charge in [-0.1, -0.05) is 6.07 Å². The summed E-state index contributed by atoms with van der Waals surface area (Å²) in [5.74, 6) is 0. The van der Waals surface area contributed by atoms with Crippen LogP contribution in [-0.2, 0) is 0 Å². The lowest BCUT2D eigenvalue weighted by Crippen LogP contribution is -2.29. The SMILES string of the molecule is CC(CN(C)C)Nc1cccc(N)c1[N+](=O)[O-]. The second-order valence-electron chi connectivity index (χ2n) is 4.31. The summed E-state index contributed by atoms with van der Waals surface area (Å²) in [4.78, 5) is 12.5. The molecule has 0 aromatic heterocycles. The van der Waals surface area contributed by atoms with E-state index < -0.39 is 4.92 Å². The Morgan fingerprint density at radius 1 is 1.53 bits per heavy atom. The first-order valence-corrected chi connectivity index (χ1v) is 5.36. The van der Waals surface area contributed by atoms with Crippen LogP contribution in [0.4, 0.5) is 17.1 Å². The number of hydrogen-bond donors (Lipinski definition) is 2. The molecule has 17 heavy (non-hydrogen) atoms. The monoisotopic (exact) mass is 238 g/mol. The van der Waals surface area contributed by atoms with E-state index in [0.717, 1.165) is 6.54 Å². The molecule has 0 bridgehead atoms. The van der Waals surface area contributed by atoms with E-state index in [1.165, 1.54) is 6.07 Å². The third kappa shape index (κ3) is 3.60. The summed E-state index contributed by atoms with van der Waals surface area (Å²) in [7, 11) is 3.90. The molecule has 0 aliphatic carbocycles. The molecule has 0 fully saturated rings. The predicted molar refractivity (Wildman–Crippen MR) is 69.1 cm³/mol. The van der Waals surface area contributed by atoms with Crippen LogP contribution in [0.25, 0.3) is 0 Å². The van der Waals surface area contributed by atoms with Crippen LogP contribution in [-0.4, -0.2) is 36.5 Å². The van der Waals surface area contributed by atoms with Crippen LogP contribution in [0.15, 0.2) is 18.2 Å². The van der Waals surface area contributed by atoms with Gasteiger partial charge in [-0.15, -0.1) is 0 Å². The summed E-state index contributed by atoms with van der Waals surface area (Å²) in [6.45, 7) is 2.75. The van der Waals surface area contributed by atoms with Crippen molar-refractivity contribution in [3.63, 3.8) is 0 Å². The second kappa shape index (κ2) is 5.49. The molecule has 94 valence electrons. The van der Waals surface area contributed by atoms with Gasteiger partial charge in [0.2, 0.25) is 0 Å². The van der Waals surface area contributed by atoms with E-state index in [9.17, 15) is 10.1 Å². The highest BCUT2D eigenvalue weighted by molar-refractivity contribution is 5.74. The highest BCUT2D eigenvalue weighted by Crippen LogP contribution is 2.30. The number of hydrogen-bond acceptors (Lipinski definition) is 5. The van der Waals surface area contributed by atoms with Gasteiger partial charge in [-0.05, 0) is 33.2 Å². The van der Waals surface area contributed by atoms with Gasteiger partial charge in [0.15, 0.2) is 0 Å². The lowest BCUT2D eigenvalue weighted by atomic mass is 10.2. The molecular weight excluding hydrogens is 220 g/mol. The molecule has 1 aromatic rings. The average molecular weight is 238 g/mol. The summed E-state index contributed by atoms with van der Waals surface area (Å²) in [5.41, 5.74) is 6.19. The van der Waals surface area contributed by atoms with E-state index in [0.29, 0.717) is 5.69 Å². The van der Waals surface area contributed by atoms with Crippen molar-refractivity contribution in [2.24, 2.45) is 0 Å². The van der Waals surface area contributed by atoms with Crippen molar-refractivity contribution < 1.29 is 4.92 Å². The molecule has 0 radical (unpaired) electrons. The minimum atomic E-state index is -0.458. The summed E-state index contributed by atoms with van der Waals surface area (Å²) < 4.78 is 0. The highest BCUT2D eigenvalue weighted by atomic mass is 16.6. The van der Waals surface area contributed by atoms with Crippen molar-refractivity contribution in [2.75, 3.05) is 31.7 Å². The molecule has 0 heterocycles. The molecule has 1 aromatic carbocycles. The maximum Gasteiger partial charge on any atom is 0.314 e. The third-order valence-electron chi connectivity index (χ3n) is 2.29. The Balaban J connectivity index is 2.91. The molecule has 0 aliphatic heterocycles. The van der Waals surface area contributed by atoms with Crippen molar-refractivity contribution in [1.82, 2.24) is 4.90 Å². The number of nitrogens with zero attached hydrogens (tertiary/aromatic N) is 2. The number of nitrogen functional groups attached to an aromatic ring is 1. The number of nitro benzene ring substituents is 1. The molecular formula is C11H18N4O2. The fraction of sp³-hybridized carbons (Fsp3) is 0.455. The van der Waals surface area contributed by atoms with Gasteiger partial charge in [-0.2, -0.15) is 0 Å². The number of nitrogens with two attached hydrogens (primary N) is 1. The Morgan fingerprint density at radius 2 is 2.18 bits per heavy atom. The molecule has 6 heteroatoms. The lowest BCUT2D eigenvalue weighted by molar-refractivity contribution is -0.383. The highest BCUT2D eigenvalue weighted by Gasteiger charge is 2.18. The zero-order valence-corrected chi connectivity index (χ0v) is 10.3. The maximum atomic E-state index is 10.9. The number of likely N-dealkylation sites (N-methyl/N-ethyl adjacent to an activating group) is 1. The topological polar surface area (TPSA) is 84.4 Å². The van der Waals surface area contributed by atoms with Crippen molar-refractivity contribution in [2.45, 2.75) is 13.0 Å². The summed E-state index contributed by atoms with van der Waals surface area (Å²) in [6.07, 6.45) is 0. The van der Waals surface area contributed by atoms with Crippen molar-refractivity contribution in [3.8, 4) is 0 Å². The molecule has 0 saturated heterocycles. The normalized spacial score (nSPS) is 12.5. The van der Waals surface area contributed by atoms with Gasteiger partial charge in [-0.25, -0.2) is 0 Å². The molecule has 3 N–H and O–H groups in total. The van der Waals surface area contributed by atoms with Crippen LogP contribution >= 0.6 is 0 Å². The number of benzene rings is 1. The molecule has 1 atom stereocenters. The lowest BCUT2D eigenvalue weighted by Gasteiger charge is -2.19. The molecule has 0 aliphatic rings. The molecule has 1 unspecified atom stereocenters. The minimum absolute atomic E-state index is 0.0573. The van der Waals surface area contributed by atoms with E-state index in [1.54, 1.807) is 12.1 Å². The van der Waals surface area contributed by atoms with Gasteiger partial charge in [0.05, 0.1) is 4.92 Å². The van der Waals surface area contributed by atoms with E-state index in [2.05, 4.69) is 5.32 Å². The van der Waals surface area contributed by atoms with Crippen LogP contribution < -0.4 is 11.1 Å². The molecule has 0 spiro atoms. The first-order valence-electron chi connectivity index (χ1n) is 5.36. The van der Waals surface area contributed by atoms with Crippen molar-refractivity contribution >= 4 is 17.1 Å². The van der Waals surface area contributed by atoms with Gasteiger partial charge >= 0.3 is 5.69 Å². The third-order valence-corrected chi connectivity index (χ3v) is 2.29. The maximum absolute atomic E-state index is 10.9. The molecule has 1 rings (SSSR count). The zero-order valence-electron chi connectivity index (χ0n) is 10.3. The Morgan fingerprint density at radius 3 is 2.71 bits per heavy atom. The van der Waals surface area contributed by atoms with E-state index >= 15 is 0 Å². The standard InChI is InChI=1S/C11H18N4O2/c1-8(7-14(2)3)13-10-6-4-5-9(12)11(10)15(16)17/h4-6,8,13H,7,12H2,1-3H3. The van der Waals surface area contributed by atoms with Gasteiger partial charge in [0.1, 0.15) is 11.4 Å². The Kier molecular flexibility index (Phi) is 4.28. The van der Waals surface area contributed by atoms with E-state index in [1.807, 2.05) is 25.9 Å². The number of anilines is 2. The minimum Gasteiger partial charge on any atom is -0.393 e. The summed E-state index contributed by atoms with van der Waals surface area (Å²) >= 11 is 0. The summed E-state index contributed by atoms with van der Waals surface area (Å²) in [6, 6.07) is 5.00. The van der Waals surface area contributed by atoms with Crippen molar-refractivity contribution in [1.29, 1.82) is 0 Å². The van der Waals surface area contributed by atoms with Gasteiger partial charge in [0.25, 0.3) is 0 Å². The predicted octanol–water partition coefficient (Wildman–Crippen LogP) is 1.54. The van der Waals surface area contributed by atoms with Gasteiger partial charge in [0, 0.05) is 12.6 Å². The van der Waals surface area contributed by atoms with Gasteiger partial charge in [-0.3, -0.25) is 10.1 Å². The van der Waals surface area contributed by atoms with E-state index in [-0.39, 0.29) is 17.4 Å². The number of rotatable bonds is 5. The van der Waals surface area contributed by atoms with Crippen LogP contribution in [0, 0.1) is 10.1 Å². The number of nitrogens with one attached hydrogen (secondary N) is 1. The second-order valence-corrected chi connectivity index (χ2v) is 4.31. The first-order chi connectivity index (χ1) is 7.91. The zero-order chi connectivity index (χ0) is 13.0. The fourth-order valence-corrected chi connectivity index (χ4v) is 1.74. The van der Waals surface area contributed by atoms with Crippen LogP contribution in [0.3, 0.4) is 0 Å². The largest absolute Gasteiger partial charge is 0.393 e. The van der Waals surface area contributed by atoms with Gasteiger partial charge < -0.3 is 16.0 Å². The Hall–Kier alpha value is -1.82. The molecule has 6 nitrogen and oxygen atoms in total. The quantitative estimate of drug-likeness (QED) is 0.462. The smallest absolute Gasteiger partial charge is 0.314 e. The van der Waals surface area contributed by atoms with Crippen LogP contribution in [0.2, 0.25) is 0 Å². The molecule has 0 saturated carbocycles. The van der Waals surface area contributed by atoms with Crippen molar-refractivity contribution in [3.05, 3.63) is 28.3 Å².